The van der Waals surface area contributed by atoms with Crippen LogP contribution in [0.15, 0.2) is 29.1 Å². The molecule has 0 aliphatic carbocycles. The minimum atomic E-state index is -4.55. The number of hydrogen-bond acceptors (Lipinski definition) is 2. The van der Waals surface area contributed by atoms with Gasteiger partial charge in [-0.15, -0.1) is 0 Å². The predicted molar refractivity (Wildman–Crippen MR) is 77.7 cm³/mol. The first kappa shape index (κ1) is 15.4. The second kappa shape index (κ2) is 5.79. The number of benzene rings is 1. The van der Waals surface area contributed by atoms with Gasteiger partial charge in [0.1, 0.15) is 0 Å². The zero-order valence-corrected chi connectivity index (χ0v) is 11.9. The second-order valence-electron chi connectivity index (χ2n) is 4.85. The van der Waals surface area contributed by atoms with E-state index in [1.54, 1.807) is 6.07 Å². The van der Waals surface area contributed by atoms with Gasteiger partial charge in [-0.05, 0) is 31.5 Å². The molecule has 2 aromatic rings. The molecule has 0 bridgehead atoms. The van der Waals surface area contributed by atoms with Gasteiger partial charge < -0.3 is 9.88 Å². The van der Waals surface area contributed by atoms with Crippen LogP contribution in [-0.2, 0) is 6.18 Å². The lowest BCUT2D eigenvalue weighted by Gasteiger charge is -2.23. The maximum Gasteiger partial charge on any atom is 0.417 e. The Bertz CT molecular complexity index is 691. The molecule has 0 aliphatic rings. The molecule has 6 heteroatoms. The maximum atomic E-state index is 13.1. The molecule has 114 valence electrons. The lowest BCUT2D eigenvalue weighted by Crippen LogP contribution is -2.23. The van der Waals surface area contributed by atoms with Crippen LogP contribution in [0.1, 0.15) is 25.8 Å². The fourth-order valence-electron chi connectivity index (χ4n) is 2.41. The van der Waals surface area contributed by atoms with Crippen molar-refractivity contribution in [3.63, 3.8) is 0 Å². The van der Waals surface area contributed by atoms with Gasteiger partial charge in [-0.25, -0.2) is 0 Å². The van der Waals surface area contributed by atoms with E-state index in [0.717, 1.165) is 18.7 Å². The number of aromatic nitrogens is 1. The third kappa shape index (κ3) is 3.20. The average molecular weight is 298 g/mol. The van der Waals surface area contributed by atoms with Gasteiger partial charge in [-0.3, -0.25) is 4.79 Å². The molecule has 21 heavy (non-hydrogen) atoms. The van der Waals surface area contributed by atoms with Gasteiger partial charge in [-0.2, -0.15) is 13.2 Å². The summed E-state index contributed by atoms with van der Waals surface area (Å²) in [6, 6.07) is 5.37. The van der Waals surface area contributed by atoms with E-state index in [1.807, 2.05) is 18.7 Å². The molecule has 3 nitrogen and oxygen atoms in total. The van der Waals surface area contributed by atoms with Crippen molar-refractivity contribution in [2.24, 2.45) is 0 Å². The molecule has 0 amide bonds. The monoisotopic (exact) mass is 298 g/mol. The van der Waals surface area contributed by atoms with Gasteiger partial charge in [0, 0.05) is 35.7 Å². The number of H-pyrrole nitrogens is 1. The molecular weight excluding hydrogens is 281 g/mol. The summed E-state index contributed by atoms with van der Waals surface area (Å²) in [7, 11) is 0. The number of rotatable bonds is 4. The Balaban J connectivity index is 2.66. The highest BCUT2D eigenvalue weighted by Crippen LogP contribution is 2.34. The molecule has 0 atom stereocenters. The van der Waals surface area contributed by atoms with Gasteiger partial charge in [-0.1, -0.05) is 6.92 Å². The van der Waals surface area contributed by atoms with Crippen LogP contribution in [-0.4, -0.2) is 18.1 Å². The molecule has 0 spiro atoms. The molecule has 0 fully saturated rings. The molecule has 0 aliphatic heterocycles. The Hall–Kier alpha value is -1.98. The molecule has 0 radical (unpaired) electrons. The number of alkyl halides is 3. The van der Waals surface area contributed by atoms with Crippen LogP contribution in [0.4, 0.5) is 18.9 Å². The third-order valence-electron chi connectivity index (χ3n) is 3.37. The summed E-state index contributed by atoms with van der Waals surface area (Å²) in [6.07, 6.45) is -3.64. The third-order valence-corrected chi connectivity index (χ3v) is 3.37. The molecule has 2 rings (SSSR count). The molecular formula is C15H17F3N2O. The Kier molecular flexibility index (Phi) is 4.25. The van der Waals surface area contributed by atoms with Gasteiger partial charge in [0.15, 0.2) is 0 Å². The van der Waals surface area contributed by atoms with Crippen molar-refractivity contribution in [1.82, 2.24) is 4.98 Å². The van der Waals surface area contributed by atoms with Crippen LogP contribution < -0.4 is 10.5 Å². The second-order valence-corrected chi connectivity index (χ2v) is 4.85. The summed E-state index contributed by atoms with van der Waals surface area (Å²) >= 11 is 0. The zero-order chi connectivity index (χ0) is 15.6. The van der Waals surface area contributed by atoms with E-state index in [4.69, 9.17) is 0 Å². The van der Waals surface area contributed by atoms with E-state index < -0.39 is 17.3 Å². The Morgan fingerprint density at radius 3 is 2.48 bits per heavy atom. The largest absolute Gasteiger partial charge is 0.417 e. The molecule has 1 aromatic carbocycles. The zero-order valence-electron chi connectivity index (χ0n) is 11.9. The topological polar surface area (TPSA) is 36.1 Å². The molecule has 1 N–H and O–H groups in total. The van der Waals surface area contributed by atoms with Gasteiger partial charge in [0.2, 0.25) is 5.56 Å². The summed E-state index contributed by atoms with van der Waals surface area (Å²) in [4.78, 5) is 15.8. The Morgan fingerprint density at radius 2 is 1.90 bits per heavy atom. The quantitative estimate of drug-likeness (QED) is 0.932. The van der Waals surface area contributed by atoms with Crippen LogP contribution in [0.5, 0.6) is 0 Å². The van der Waals surface area contributed by atoms with Crippen molar-refractivity contribution >= 4 is 16.6 Å². The van der Waals surface area contributed by atoms with E-state index in [2.05, 4.69) is 4.98 Å². The summed E-state index contributed by atoms with van der Waals surface area (Å²) < 4.78 is 39.3. The number of anilines is 1. The molecule has 0 saturated heterocycles. The minimum absolute atomic E-state index is 0.0224. The highest BCUT2D eigenvalue weighted by Gasteiger charge is 2.33. The van der Waals surface area contributed by atoms with Gasteiger partial charge in [0.25, 0.3) is 0 Å². The minimum Gasteiger partial charge on any atom is -0.372 e. The van der Waals surface area contributed by atoms with Crippen LogP contribution in [0.2, 0.25) is 0 Å². The van der Waals surface area contributed by atoms with Gasteiger partial charge >= 0.3 is 6.18 Å². The first-order valence-corrected chi connectivity index (χ1v) is 6.86. The number of fused-ring (bicyclic) bond motifs is 1. The van der Waals surface area contributed by atoms with E-state index in [9.17, 15) is 18.0 Å². The fourth-order valence-corrected chi connectivity index (χ4v) is 2.41. The highest BCUT2D eigenvalue weighted by molar-refractivity contribution is 5.86. The van der Waals surface area contributed by atoms with Crippen molar-refractivity contribution in [2.75, 3.05) is 18.0 Å². The van der Waals surface area contributed by atoms with E-state index in [-0.39, 0.29) is 10.9 Å². The van der Waals surface area contributed by atoms with Crippen LogP contribution in [0.25, 0.3) is 10.9 Å². The average Bonchev–Trinajstić information content (AvgIpc) is 2.42. The van der Waals surface area contributed by atoms with Crippen molar-refractivity contribution in [3.05, 3.63) is 40.2 Å². The van der Waals surface area contributed by atoms with Crippen molar-refractivity contribution in [1.29, 1.82) is 0 Å². The first-order valence-electron chi connectivity index (χ1n) is 6.86. The van der Waals surface area contributed by atoms with Crippen molar-refractivity contribution in [2.45, 2.75) is 26.4 Å². The van der Waals surface area contributed by atoms with Gasteiger partial charge in [0.05, 0.1) is 5.56 Å². The van der Waals surface area contributed by atoms with Crippen molar-refractivity contribution in [3.8, 4) is 0 Å². The van der Waals surface area contributed by atoms with E-state index in [0.29, 0.717) is 12.6 Å². The number of nitrogens with one attached hydrogen (secondary N) is 1. The molecule has 1 heterocycles. The van der Waals surface area contributed by atoms with Crippen LogP contribution >= 0.6 is 0 Å². The number of hydrogen-bond donors (Lipinski definition) is 1. The van der Waals surface area contributed by atoms with Crippen molar-refractivity contribution < 1.29 is 13.2 Å². The number of aromatic amines is 1. The predicted octanol–water partition coefficient (Wildman–Crippen LogP) is 3.78. The Labute approximate surface area is 120 Å². The molecule has 1 aromatic heterocycles. The Morgan fingerprint density at radius 1 is 1.19 bits per heavy atom. The summed E-state index contributed by atoms with van der Waals surface area (Å²) in [5.41, 5.74) is -0.713. The lowest BCUT2D eigenvalue weighted by molar-refractivity contribution is -0.136. The highest BCUT2D eigenvalue weighted by atomic mass is 19.4. The first-order chi connectivity index (χ1) is 9.86. The summed E-state index contributed by atoms with van der Waals surface area (Å²) in [6.45, 7) is 5.45. The smallest absolute Gasteiger partial charge is 0.372 e. The number of pyridine rings is 1. The summed E-state index contributed by atoms with van der Waals surface area (Å²) in [5.74, 6) is 0. The van der Waals surface area contributed by atoms with E-state index in [1.165, 1.54) is 12.1 Å². The normalized spacial score (nSPS) is 11.9. The number of halogens is 3. The standard InChI is InChI=1S/C15H17F3N2O/c1-3-7-20(4-2)10-5-6-13-11(8-10)12(15(16,17)18)9-14(21)19-13/h5-6,8-9H,3-4,7H2,1-2H3,(H,19,21). The maximum absolute atomic E-state index is 13.1. The van der Waals surface area contributed by atoms with Crippen LogP contribution in [0.3, 0.4) is 0 Å². The summed E-state index contributed by atoms with van der Waals surface area (Å²) in [5, 5.41) is 0.0224. The SMILES string of the molecule is CCCN(CC)c1ccc2[nH]c(=O)cc(C(F)(F)F)c2c1. The lowest BCUT2D eigenvalue weighted by atomic mass is 10.1. The molecule has 0 saturated carbocycles. The van der Waals surface area contributed by atoms with Crippen LogP contribution in [0, 0.1) is 0 Å². The fraction of sp³-hybridized carbons (Fsp3) is 0.400. The number of nitrogens with zero attached hydrogens (tertiary/aromatic N) is 1. The van der Waals surface area contributed by atoms with E-state index >= 15 is 0 Å². The molecule has 0 unspecified atom stereocenters.